The molecular formula is C88H102BBrIN25O7. The van der Waals surface area contributed by atoms with Gasteiger partial charge in [0, 0.05) is 156 Å². The van der Waals surface area contributed by atoms with Gasteiger partial charge in [-0.05, 0) is 195 Å². The van der Waals surface area contributed by atoms with Gasteiger partial charge in [-0.2, -0.15) is 20.4 Å². The average molecular weight is 1840 g/mol. The molecule has 32 nitrogen and oxygen atoms in total. The zero-order chi connectivity index (χ0) is 82.2. The molecule has 638 valence electrons. The second-order valence-corrected chi connectivity index (χ2v) is 28.6. The average Bonchev–Trinajstić information content (AvgIpc) is 1.70. The molecular weight excluding hydrogens is 1740 g/mol. The van der Waals surface area contributed by atoms with Crippen molar-refractivity contribution < 1.29 is 33.8 Å². The first-order valence-electron chi connectivity index (χ1n) is 38.0. The number of H-pyrrole nitrogens is 3. The van der Waals surface area contributed by atoms with Crippen LogP contribution in [0.2, 0.25) is 0 Å². The summed E-state index contributed by atoms with van der Waals surface area (Å²) in [6, 6.07) is 21.1. The molecule has 0 radical (unpaired) electrons. The van der Waals surface area contributed by atoms with E-state index in [1.54, 1.807) is 90.4 Å². The van der Waals surface area contributed by atoms with Gasteiger partial charge >= 0.3 is 7.12 Å². The zero-order valence-electron chi connectivity index (χ0n) is 65.0. The number of halogens is 2. The van der Waals surface area contributed by atoms with Gasteiger partial charge in [0.05, 0.1) is 73.6 Å². The lowest BCUT2D eigenvalue weighted by Gasteiger charge is -2.23. The molecule has 3 atom stereocenters. The molecule has 9 N–H and O–H groups in total. The van der Waals surface area contributed by atoms with Gasteiger partial charge in [0.15, 0.2) is 65.5 Å². The van der Waals surface area contributed by atoms with Crippen LogP contribution in [0.15, 0.2) is 183 Å². The van der Waals surface area contributed by atoms with E-state index in [2.05, 4.69) is 150 Å². The minimum Gasteiger partial charge on any atom is -0.423 e. The smallest absolute Gasteiger partial charge is 0.423 e. The third-order valence-corrected chi connectivity index (χ3v) is 20.3. The molecule has 20 heterocycles. The number of hydrogen-bond donors (Lipinski definition) is 7. The van der Waals surface area contributed by atoms with Crippen LogP contribution in [-0.4, -0.2) is 169 Å². The van der Waals surface area contributed by atoms with E-state index in [0.29, 0.717) is 56.8 Å². The summed E-state index contributed by atoms with van der Waals surface area (Å²) in [6.07, 6.45) is 41.7. The monoisotopic (exact) mass is 1840 g/mol. The van der Waals surface area contributed by atoms with Crippen molar-refractivity contribution in [1.82, 2.24) is 114 Å². The Hall–Kier alpha value is -12.5. The van der Waals surface area contributed by atoms with E-state index >= 15 is 0 Å². The third-order valence-electron chi connectivity index (χ3n) is 19.9. The molecule has 0 aromatic carbocycles. The number of aldehydes is 2. The Morgan fingerprint density at radius 1 is 0.463 bits per heavy atom. The maximum atomic E-state index is 11.5. The number of aryl methyl sites for hydroxylation is 4. The molecule has 35 heteroatoms. The molecule has 0 amide bonds. The Kier molecular flexibility index (Phi) is 34.0. The summed E-state index contributed by atoms with van der Waals surface area (Å²) >= 11 is 5.50. The molecule has 20 rings (SSSR count). The second kappa shape index (κ2) is 44.3. The highest BCUT2D eigenvalue weighted by atomic mass is 127. The van der Waals surface area contributed by atoms with Crippen molar-refractivity contribution in [3.05, 3.63) is 216 Å². The number of nitrogen functional groups attached to an aromatic ring is 2. The van der Waals surface area contributed by atoms with Crippen LogP contribution in [0.3, 0.4) is 0 Å². The largest absolute Gasteiger partial charge is 0.490 e. The molecule has 0 saturated carbocycles. The van der Waals surface area contributed by atoms with Gasteiger partial charge in [0.25, 0.3) is 0 Å². The van der Waals surface area contributed by atoms with Crippen LogP contribution in [0.1, 0.15) is 157 Å². The topological polar surface area (TPSA) is 436 Å². The van der Waals surface area contributed by atoms with Crippen molar-refractivity contribution in [1.29, 1.82) is 0 Å². The van der Waals surface area contributed by atoms with Gasteiger partial charge in [-0.3, -0.25) is 49.6 Å². The first kappa shape index (κ1) is 94.3. The predicted octanol–water partition coefficient (Wildman–Crippen LogP) is 17.3. The summed E-state index contributed by atoms with van der Waals surface area (Å²) in [5.74, 6) is 1.41. The molecule has 0 spiro atoms. The van der Waals surface area contributed by atoms with Gasteiger partial charge in [-0.15, -0.1) is 0 Å². The van der Waals surface area contributed by atoms with Crippen LogP contribution in [0.4, 0.5) is 11.4 Å². The summed E-state index contributed by atoms with van der Waals surface area (Å²) in [4.78, 5) is 87.2. The van der Waals surface area contributed by atoms with Gasteiger partial charge < -0.3 is 45.7 Å². The molecule has 17 aromatic rings. The number of hydrogen-bond acceptors (Lipinski definition) is 26. The highest BCUT2D eigenvalue weighted by molar-refractivity contribution is 14.1. The molecule has 0 aliphatic carbocycles. The van der Waals surface area contributed by atoms with Crippen molar-refractivity contribution in [2.24, 2.45) is 0 Å². The third kappa shape index (κ3) is 21.7. The number of nitrogens with two attached hydrogens (primary N) is 2. The number of aromatic amines is 3. The van der Waals surface area contributed by atoms with E-state index in [9.17, 15) is 9.59 Å². The standard InChI is InChI=1S/C23H21N7O.C18H13N7.C18H18N4O2.C12H12BrN3O2.C6H8BNO2.C5H7N3.CH3I.5CH4/c1-14-5-7-24-12-17(14)15-10-16-21(22-27-18-6-8-25-13-19(18)28-22)29-30(23(16)26-11-15)20-4-2-3-9-31-20;1-10-2-4-19-8-13(10)11-6-12-16(24-25-17(12)21-7-11)18-22-14-3-5-20-9-15(14)23-18;1-12-5-6-19-10-15(12)13-8-14-16(11-23)21-22(18(14)20-9-13)17-4-2-3-7-24-17;13-8-5-9-10(7-17)15-16(12(9)14-6-8)11-3-1-2-4-18-11;1-5-2-3-8-4-6(5)7(9)10;6-4-1-2-8-3-5(4)7;1-2;;;;;/h5-8,10-13,20H,2-4,9H2,1H3,(H,27,28);2-9H,1H3,(H,22,23)(H,21,24,25);5-6,8-11,17H,2-4,7H2,1H3;5-7,11H,1-4H2;2-4,9-10H,1H3;1-3H,7H2,(H2,6,8);1H3;5*1H4. The molecule has 3 saturated heterocycles. The summed E-state index contributed by atoms with van der Waals surface area (Å²) in [7, 11) is -1.41. The Morgan fingerprint density at radius 2 is 0.870 bits per heavy atom. The highest BCUT2D eigenvalue weighted by Crippen LogP contribution is 2.37. The maximum Gasteiger partial charge on any atom is 0.490 e. The number of alkyl halides is 1. The number of pyridine rings is 11. The molecule has 0 bridgehead atoms. The van der Waals surface area contributed by atoms with E-state index < -0.39 is 7.12 Å². The number of imidazole rings is 2. The number of nitrogens with zero attached hydrogens (tertiary/aromatic N) is 20. The molecule has 123 heavy (non-hydrogen) atoms. The fraction of sp³-hybridized carbons (Fsp3) is 0.284. The molecule has 17 aromatic heterocycles. The lowest BCUT2D eigenvalue weighted by Crippen LogP contribution is -2.32. The Balaban J connectivity index is 0.000000172. The number of rotatable bonds is 11. The summed E-state index contributed by atoms with van der Waals surface area (Å²) in [5, 5.41) is 41.8. The normalized spacial score (nSPS) is 14.4. The van der Waals surface area contributed by atoms with Crippen LogP contribution in [0, 0.1) is 27.7 Å². The Morgan fingerprint density at radius 3 is 1.31 bits per heavy atom. The number of nitrogens with one attached hydrogen (secondary N) is 3. The number of carbonyl (C=O) groups excluding carboxylic acids is 2. The van der Waals surface area contributed by atoms with Crippen molar-refractivity contribution in [2.45, 2.75) is 141 Å². The van der Waals surface area contributed by atoms with E-state index in [-0.39, 0.29) is 55.8 Å². The van der Waals surface area contributed by atoms with Crippen molar-refractivity contribution in [3.8, 4) is 56.4 Å². The molecule has 3 aliphatic heterocycles. The molecule has 3 aliphatic rings. The van der Waals surface area contributed by atoms with Gasteiger partial charge in [-0.1, -0.05) is 59.7 Å². The fourth-order valence-electron chi connectivity index (χ4n) is 13.7. The van der Waals surface area contributed by atoms with Crippen LogP contribution in [0.5, 0.6) is 0 Å². The van der Waals surface area contributed by atoms with Gasteiger partial charge in [-0.25, -0.2) is 43.9 Å². The van der Waals surface area contributed by atoms with Crippen LogP contribution in [0.25, 0.3) is 123 Å². The van der Waals surface area contributed by atoms with Crippen LogP contribution in [-0.2, 0) is 14.2 Å². The second-order valence-electron chi connectivity index (χ2n) is 27.7. The van der Waals surface area contributed by atoms with Crippen molar-refractivity contribution in [2.75, 3.05) is 36.2 Å². The SMILES string of the molecule is C.C.C.C.C.CI.Cc1ccncc1-c1cnc2c(c1)c(-c1nc3ccncc3[nH]1)nn2C1CCCCO1.Cc1ccncc1-c1cnc2c(c1)c(C=O)nn2C1CCCCO1.Cc1ccncc1-c1cnc2n[nH]c(-c3nc4ccncc4[nH]3)c2c1.Cc1ccncc1B(O)O.Nc1ccncc1N.O=Cc1nn(C2CCCCO2)c2ncc(Br)cc12. The number of carbonyl (C=O) groups is 2. The lowest BCUT2D eigenvalue weighted by molar-refractivity contribution is -0.0372. The first-order chi connectivity index (χ1) is 57.7. The maximum absolute atomic E-state index is 11.5. The Bertz CT molecular complexity index is 6250. The highest BCUT2D eigenvalue weighted by Gasteiger charge is 2.28. The predicted molar refractivity (Wildman–Crippen MR) is 497 cm³/mol. The first-order valence-corrected chi connectivity index (χ1v) is 40.9. The van der Waals surface area contributed by atoms with Gasteiger partial charge in [0.1, 0.15) is 22.8 Å². The minimum absolute atomic E-state index is 0. The fourth-order valence-corrected chi connectivity index (χ4v) is 14.1. The summed E-state index contributed by atoms with van der Waals surface area (Å²) in [6.45, 7) is 10.2. The van der Waals surface area contributed by atoms with E-state index in [4.69, 9.17) is 50.8 Å². The Labute approximate surface area is 734 Å². The van der Waals surface area contributed by atoms with Crippen molar-refractivity contribution in [3.63, 3.8) is 0 Å². The number of aromatic nitrogens is 23. The van der Waals surface area contributed by atoms with E-state index in [0.717, 1.165) is 211 Å². The summed E-state index contributed by atoms with van der Waals surface area (Å²) < 4.78 is 23.7. The van der Waals surface area contributed by atoms with Gasteiger partial charge in [0.2, 0.25) is 0 Å². The molecule has 3 unspecified atom stereocenters. The van der Waals surface area contributed by atoms with Crippen LogP contribution < -0.4 is 16.9 Å². The lowest BCUT2D eigenvalue weighted by atomic mass is 9.79. The van der Waals surface area contributed by atoms with E-state index in [1.165, 1.54) is 12.4 Å². The zero-order valence-corrected chi connectivity index (χ0v) is 68.7. The summed E-state index contributed by atoms with van der Waals surface area (Å²) in [5.41, 5.74) is 31.2. The number of fused-ring (bicyclic) bond motifs is 6. The molecule has 3 fully saturated rings. The quantitative estimate of drug-likeness (QED) is 0.0274. The number of anilines is 2. The van der Waals surface area contributed by atoms with Crippen molar-refractivity contribution >= 4 is 141 Å². The van der Waals surface area contributed by atoms with Crippen LogP contribution >= 0.6 is 38.5 Å². The minimum atomic E-state index is -1.41. The number of ether oxygens (including phenoxy) is 3. The van der Waals surface area contributed by atoms with E-state index in [1.807, 2.05) is 96.2 Å².